The first-order valence-corrected chi connectivity index (χ1v) is 5.32. The summed E-state index contributed by atoms with van der Waals surface area (Å²) >= 11 is 0. The Morgan fingerprint density at radius 1 is 1.25 bits per heavy atom. The van der Waals surface area contributed by atoms with Crippen LogP contribution in [-0.2, 0) is 0 Å². The van der Waals surface area contributed by atoms with E-state index < -0.39 is 0 Å². The van der Waals surface area contributed by atoms with E-state index in [1.165, 1.54) is 25.7 Å². The van der Waals surface area contributed by atoms with Crippen molar-refractivity contribution in [1.29, 1.82) is 0 Å². The Kier molecular flexibility index (Phi) is 3.16. The van der Waals surface area contributed by atoms with Crippen LogP contribution in [0.3, 0.4) is 0 Å². The highest BCUT2D eigenvalue weighted by atomic mass is 16.3. The molecular formula is C11H22O. The average Bonchev–Trinajstić information content (AvgIpc) is 2.51. The average molecular weight is 170 g/mol. The molecule has 0 heterocycles. The van der Waals surface area contributed by atoms with Crippen LogP contribution in [0.1, 0.15) is 52.9 Å². The van der Waals surface area contributed by atoms with Crippen LogP contribution in [0.5, 0.6) is 0 Å². The van der Waals surface area contributed by atoms with Crippen LogP contribution in [0, 0.1) is 11.3 Å². The molecule has 0 aliphatic heterocycles. The fraction of sp³-hybridized carbons (Fsp3) is 1.00. The van der Waals surface area contributed by atoms with Gasteiger partial charge in [-0.2, -0.15) is 0 Å². The summed E-state index contributed by atoms with van der Waals surface area (Å²) in [6.07, 6.45) is 5.87. The van der Waals surface area contributed by atoms with E-state index in [4.69, 9.17) is 0 Å². The maximum absolute atomic E-state index is 9.79. The first kappa shape index (κ1) is 10.0. The van der Waals surface area contributed by atoms with Gasteiger partial charge < -0.3 is 5.11 Å². The van der Waals surface area contributed by atoms with Crippen molar-refractivity contribution in [3.63, 3.8) is 0 Å². The lowest BCUT2D eigenvalue weighted by atomic mass is 9.71. The Balaban J connectivity index is 2.64. The predicted molar refractivity (Wildman–Crippen MR) is 52.0 cm³/mol. The molecule has 2 atom stereocenters. The Morgan fingerprint density at radius 2 is 1.83 bits per heavy atom. The zero-order valence-electron chi connectivity index (χ0n) is 8.64. The molecular weight excluding hydrogens is 148 g/mol. The highest BCUT2D eigenvalue weighted by Crippen LogP contribution is 2.44. The van der Waals surface area contributed by atoms with E-state index in [1.807, 2.05) is 0 Å². The van der Waals surface area contributed by atoms with Gasteiger partial charge in [-0.05, 0) is 24.2 Å². The maximum Gasteiger partial charge on any atom is 0.0573 e. The Bertz CT molecular complexity index is 138. The van der Waals surface area contributed by atoms with Crippen molar-refractivity contribution in [3.8, 4) is 0 Å². The third-order valence-electron chi connectivity index (χ3n) is 3.99. The summed E-state index contributed by atoms with van der Waals surface area (Å²) < 4.78 is 0. The van der Waals surface area contributed by atoms with E-state index in [0.29, 0.717) is 11.3 Å². The summed E-state index contributed by atoms with van der Waals surface area (Å²) in [5.41, 5.74) is 0.385. The normalized spacial score (nSPS) is 31.0. The number of hydrogen-bond acceptors (Lipinski definition) is 1. The lowest BCUT2D eigenvalue weighted by Crippen LogP contribution is -2.31. The third kappa shape index (κ3) is 1.66. The minimum atomic E-state index is -0.0186. The Morgan fingerprint density at radius 3 is 2.17 bits per heavy atom. The fourth-order valence-corrected chi connectivity index (χ4v) is 2.53. The van der Waals surface area contributed by atoms with Crippen LogP contribution in [0.2, 0.25) is 0 Å². The molecule has 12 heavy (non-hydrogen) atoms. The topological polar surface area (TPSA) is 20.2 Å². The monoisotopic (exact) mass is 170 g/mol. The van der Waals surface area contributed by atoms with Crippen LogP contribution in [0.4, 0.5) is 0 Å². The molecule has 0 radical (unpaired) electrons. The molecule has 0 saturated heterocycles. The minimum Gasteiger partial charge on any atom is -0.393 e. The van der Waals surface area contributed by atoms with Gasteiger partial charge in [-0.3, -0.25) is 0 Å². The summed E-state index contributed by atoms with van der Waals surface area (Å²) in [5, 5.41) is 9.79. The van der Waals surface area contributed by atoms with Gasteiger partial charge in [0.15, 0.2) is 0 Å². The second kappa shape index (κ2) is 3.78. The quantitative estimate of drug-likeness (QED) is 0.690. The molecule has 1 fully saturated rings. The lowest BCUT2D eigenvalue weighted by Gasteiger charge is -2.35. The minimum absolute atomic E-state index is 0.0186. The predicted octanol–water partition coefficient (Wildman–Crippen LogP) is 2.97. The van der Waals surface area contributed by atoms with Crippen LogP contribution in [0.25, 0.3) is 0 Å². The zero-order valence-corrected chi connectivity index (χ0v) is 8.64. The molecule has 1 nitrogen and oxygen atoms in total. The number of hydrogen-bond donors (Lipinski definition) is 1. The van der Waals surface area contributed by atoms with Crippen molar-refractivity contribution >= 4 is 0 Å². The van der Waals surface area contributed by atoms with Gasteiger partial charge in [0.2, 0.25) is 0 Å². The van der Waals surface area contributed by atoms with Gasteiger partial charge in [0.05, 0.1) is 6.10 Å². The molecule has 1 rings (SSSR count). The van der Waals surface area contributed by atoms with E-state index in [0.717, 1.165) is 6.42 Å². The van der Waals surface area contributed by atoms with Gasteiger partial charge in [0.1, 0.15) is 0 Å². The molecule has 0 aromatic carbocycles. The Labute approximate surface area is 76.2 Å². The first-order chi connectivity index (χ1) is 5.64. The molecule has 0 bridgehead atoms. The molecule has 1 aliphatic rings. The van der Waals surface area contributed by atoms with Crippen LogP contribution in [-0.4, -0.2) is 11.2 Å². The van der Waals surface area contributed by atoms with Crippen molar-refractivity contribution in [2.75, 3.05) is 0 Å². The van der Waals surface area contributed by atoms with Crippen LogP contribution >= 0.6 is 0 Å². The van der Waals surface area contributed by atoms with Crippen molar-refractivity contribution in [3.05, 3.63) is 0 Å². The number of aliphatic hydroxyl groups is 1. The molecule has 1 aliphatic carbocycles. The van der Waals surface area contributed by atoms with Gasteiger partial charge >= 0.3 is 0 Å². The second-order valence-corrected chi connectivity index (χ2v) is 4.47. The Hall–Kier alpha value is -0.0400. The molecule has 2 unspecified atom stereocenters. The van der Waals surface area contributed by atoms with Crippen molar-refractivity contribution in [2.24, 2.45) is 11.3 Å². The summed E-state index contributed by atoms with van der Waals surface area (Å²) in [6.45, 7) is 6.81. The summed E-state index contributed by atoms with van der Waals surface area (Å²) in [5.74, 6) is 0.562. The van der Waals surface area contributed by atoms with Crippen molar-refractivity contribution in [1.82, 2.24) is 0 Å². The second-order valence-electron chi connectivity index (χ2n) is 4.47. The van der Waals surface area contributed by atoms with Gasteiger partial charge in [-0.25, -0.2) is 0 Å². The number of rotatable bonds is 3. The van der Waals surface area contributed by atoms with Gasteiger partial charge in [0.25, 0.3) is 0 Å². The third-order valence-corrected chi connectivity index (χ3v) is 3.99. The summed E-state index contributed by atoms with van der Waals surface area (Å²) in [6, 6.07) is 0. The smallest absolute Gasteiger partial charge is 0.0573 e. The highest BCUT2D eigenvalue weighted by molar-refractivity contribution is 4.89. The maximum atomic E-state index is 9.79. The van der Waals surface area contributed by atoms with Crippen LogP contribution < -0.4 is 0 Å². The molecule has 1 N–H and O–H groups in total. The molecule has 1 heteroatoms. The molecule has 1 saturated carbocycles. The number of aliphatic hydroxyl groups excluding tert-OH is 1. The summed E-state index contributed by atoms with van der Waals surface area (Å²) in [4.78, 5) is 0. The van der Waals surface area contributed by atoms with Crippen LogP contribution in [0.15, 0.2) is 0 Å². The zero-order chi connectivity index (χ0) is 9.19. The standard InChI is InChI=1S/C11H22O/c1-4-11(3,5-2)9-7-6-8-10(9)12/h9-10,12H,4-8H2,1-3H3. The molecule has 72 valence electrons. The first-order valence-electron chi connectivity index (χ1n) is 5.32. The van der Waals surface area contributed by atoms with Crippen molar-refractivity contribution < 1.29 is 5.11 Å². The fourth-order valence-electron chi connectivity index (χ4n) is 2.53. The van der Waals surface area contributed by atoms with Gasteiger partial charge in [0, 0.05) is 0 Å². The van der Waals surface area contributed by atoms with E-state index >= 15 is 0 Å². The largest absolute Gasteiger partial charge is 0.393 e. The van der Waals surface area contributed by atoms with Crippen molar-refractivity contribution in [2.45, 2.75) is 59.0 Å². The molecule has 0 spiro atoms. The van der Waals surface area contributed by atoms with E-state index in [9.17, 15) is 5.11 Å². The molecule has 0 amide bonds. The SMILES string of the molecule is CCC(C)(CC)C1CCCC1O. The van der Waals surface area contributed by atoms with Gasteiger partial charge in [-0.1, -0.05) is 40.0 Å². The van der Waals surface area contributed by atoms with E-state index in [1.54, 1.807) is 0 Å². The van der Waals surface area contributed by atoms with E-state index in [-0.39, 0.29) is 6.10 Å². The molecule has 0 aromatic rings. The lowest BCUT2D eigenvalue weighted by molar-refractivity contribution is 0.0432. The van der Waals surface area contributed by atoms with Gasteiger partial charge in [-0.15, -0.1) is 0 Å². The summed E-state index contributed by atoms with van der Waals surface area (Å²) in [7, 11) is 0. The molecule has 0 aromatic heterocycles. The highest BCUT2D eigenvalue weighted by Gasteiger charge is 2.38. The van der Waals surface area contributed by atoms with E-state index in [2.05, 4.69) is 20.8 Å².